The minimum absolute atomic E-state index is 0. The molecule has 0 amide bonds. The third kappa shape index (κ3) is 7.40. The molecule has 1 heterocycles. The highest BCUT2D eigenvalue weighted by atomic mass is 127. The molecule has 25 heavy (non-hydrogen) atoms. The molecule has 1 aliphatic heterocycles. The number of hydrogen-bond acceptors (Lipinski definition) is 3. The topological polar surface area (TPSA) is 42.9 Å². The second-order valence-electron chi connectivity index (χ2n) is 6.81. The van der Waals surface area contributed by atoms with E-state index in [0.29, 0.717) is 0 Å². The summed E-state index contributed by atoms with van der Waals surface area (Å²) < 4.78 is 0. The van der Waals surface area contributed by atoms with E-state index in [1.54, 1.807) is 0 Å². The second kappa shape index (κ2) is 11.6. The molecule has 1 aromatic rings. The molecule has 0 spiro atoms. The quantitative estimate of drug-likeness (QED) is 0.285. The van der Waals surface area contributed by atoms with Crippen LogP contribution in [-0.2, 0) is 0 Å². The predicted molar refractivity (Wildman–Crippen MR) is 119 cm³/mol. The van der Waals surface area contributed by atoms with Gasteiger partial charge in [-0.25, -0.2) is 0 Å². The van der Waals surface area contributed by atoms with Crippen LogP contribution in [0.4, 0.5) is 5.69 Å². The zero-order valence-corrected chi connectivity index (χ0v) is 18.4. The fraction of sp³-hybridized carbons (Fsp3) is 0.632. The second-order valence-corrected chi connectivity index (χ2v) is 6.81. The van der Waals surface area contributed by atoms with Crippen molar-refractivity contribution >= 4 is 35.6 Å². The molecule has 2 rings (SSSR count). The number of benzene rings is 1. The zero-order valence-electron chi connectivity index (χ0n) is 16.1. The average Bonchev–Trinajstić information content (AvgIpc) is 3.12. The average molecular weight is 459 g/mol. The smallest absolute Gasteiger partial charge is 0.191 e. The number of aliphatic imine (C=N–C) groups is 1. The number of nitrogens with zero attached hydrogens (tertiary/aromatic N) is 3. The maximum absolute atomic E-state index is 4.34. The van der Waals surface area contributed by atoms with Crippen LogP contribution in [0.15, 0.2) is 29.3 Å². The summed E-state index contributed by atoms with van der Waals surface area (Å²) in [5, 5.41) is 6.89. The lowest BCUT2D eigenvalue weighted by molar-refractivity contribution is 0.399. The van der Waals surface area contributed by atoms with E-state index in [-0.39, 0.29) is 30.0 Å². The van der Waals surface area contributed by atoms with Crippen molar-refractivity contribution in [3.63, 3.8) is 0 Å². The van der Waals surface area contributed by atoms with Crippen LogP contribution in [0.3, 0.4) is 0 Å². The van der Waals surface area contributed by atoms with Crippen molar-refractivity contribution in [1.29, 1.82) is 0 Å². The molecular weight excluding hydrogens is 425 g/mol. The van der Waals surface area contributed by atoms with Crippen molar-refractivity contribution in [3.05, 3.63) is 29.8 Å². The van der Waals surface area contributed by atoms with Crippen LogP contribution < -0.4 is 15.5 Å². The van der Waals surface area contributed by atoms with Crippen LogP contribution in [0.1, 0.15) is 37.8 Å². The lowest BCUT2D eigenvalue weighted by atomic mass is 10.1. The molecule has 1 fully saturated rings. The van der Waals surface area contributed by atoms with Gasteiger partial charge in [-0.3, -0.25) is 4.99 Å². The maximum atomic E-state index is 4.34. The Balaban J connectivity index is 0.00000312. The van der Waals surface area contributed by atoms with Gasteiger partial charge in [-0.2, -0.15) is 0 Å². The maximum Gasteiger partial charge on any atom is 0.191 e. The first-order chi connectivity index (χ1) is 11.6. The molecule has 1 saturated heterocycles. The SMILES string of the molecule is CN=C(NCCCN(C)C)NC(C)c1cccc(N2CCCC2)c1.I. The van der Waals surface area contributed by atoms with Crippen LogP contribution in [0, 0.1) is 0 Å². The fourth-order valence-electron chi connectivity index (χ4n) is 3.05. The summed E-state index contributed by atoms with van der Waals surface area (Å²) in [6.45, 7) is 6.56. The highest BCUT2D eigenvalue weighted by molar-refractivity contribution is 14.0. The van der Waals surface area contributed by atoms with Crippen molar-refractivity contribution in [3.8, 4) is 0 Å². The van der Waals surface area contributed by atoms with Crippen molar-refractivity contribution < 1.29 is 0 Å². The van der Waals surface area contributed by atoms with Gasteiger partial charge in [0.2, 0.25) is 0 Å². The van der Waals surface area contributed by atoms with Gasteiger partial charge in [0, 0.05) is 32.4 Å². The van der Waals surface area contributed by atoms with Crippen molar-refractivity contribution in [2.24, 2.45) is 4.99 Å². The molecular formula is C19H34IN5. The molecule has 1 atom stereocenters. The molecule has 6 heteroatoms. The van der Waals surface area contributed by atoms with E-state index in [9.17, 15) is 0 Å². The lowest BCUT2D eigenvalue weighted by Crippen LogP contribution is -2.39. The Morgan fingerprint density at radius 1 is 1.28 bits per heavy atom. The van der Waals surface area contributed by atoms with E-state index in [1.807, 2.05) is 7.05 Å². The van der Waals surface area contributed by atoms with Crippen LogP contribution in [-0.4, -0.2) is 58.2 Å². The third-order valence-corrected chi connectivity index (χ3v) is 4.49. The number of rotatable bonds is 7. The molecule has 1 aromatic carbocycles. The van der Waals surface area contributed by atoms with Crippen LogP contribution in [0.2, 0.25) is 0 Å². The highest BCUT2D eigenvalue weighted by Gasteiger charge is 2.14. The number of halogens is 1. The van der Waals surface area contributed by atoms with E-state index < -0.39 is 0 Å². The van der Waals surface area contributed by atoms with Gasteiger partial charge in [0.1, 0.15) is 0 Å². The number of anilines is 1. The predicted octanol–water partition coefficient (Wildman–Crippen LogP) is 3.08. The van der Waals surface area contributed by atoms with Gasteiger partial charge in [-0.05, 0) is 64.5 Å². The summed E-state index contributed by atoms with van der Waals surface area (Å²) in [6, 6.07) is 9.11. The molecule has 0 radical (unpaired) electrons. The van der Waals surface area contributed by atoms with Gasteiger partial charge in [0.25, 0.3) is 0 Å². The van der Waals surface area contributed by atoms with Gasteiger partial charge in [-0.1, -0.05) is 12.1 Å². The molecule has 0 aromatic heterocycles. The Morgan fingerprint density at radius 2 is 2.00 bits per heavy atom. The zero-order chi connectivity index (χ0) is 17.4. The van der Waals surface area contributed by atoms with Crippen molar-refractivity contribution in [1.82, 2.24) is 15.5 Å². The van der Waals surface area contributed by atoms with Gasteiger partial charge < -0.3 is 20.4 Å². The van der Waals surface area contributed by atoms with Gasteiger partial charge in [0.15, 0.2) is 5.96 Å². The number of guanidine groups is 1. The molecule has 5 nitrogen and oxygen atoms in total. The van der Waals surface area contributed by atoms with E-state index in [0.717, 1.165) is 25.5 Å². The molecule has 142 valence electrons. The van der Waals surface area contributed by atoms with Crippen LogP contribution in [0.25, 0.3) is 0 Å². The minimum Gasteiger partial charge on any atom is -0.372 e. The molecule has 0 aliphatic carbocycles. The third-order valence-electron chi connectivity index (χ3n) is 4.49. The molecule has 2 N–H and O–H groups in total. The van der Waals surface area contributed by atoms with E-state index in [4.69, 9.17) is 0 Å². The highest BCUT2D eigenvalue weighted by Crippen LogP contribution is 2.23. The Kier molecular flexibility index (Phi) is 10.2. The monoisotopic (exact) mass is 459 g/mol. The summed E-state index contributed by atoms with van der Waals surface area (Å²) in [5.41, 5.74) is 2.64. The first-order valence-corrected chi connectivity index (χ1v) is 9.07. The van der Waals surface area contributed by atoms with Gasteiger partial charge in [-0.15, -0.1) is 24.0 Å². The Hall–Kier alpha value is -1.02. The van der Waals surface area contributed by atoms with Gasteiger partial charge >= 0.3 is 0 Å². The van der Waals surface area contributed by atoms with Crippen LogP contribution >= 0.6 is 24.0 Å². The Bertz CT molecular complexity index is 526. The van der Waals surface area contributed by atoms with Gasteiger partial charge in [0.05, 0.1) is 6.04 Å². The van der Waals surface area contributed by atoms with Crippen LogP contribution in [0.5, 0.6) is 0 Å². The first-order valence-electron chi connectivity index (χ1n) is 9.07. The summed E-state index contributed by atoms with van der Waals surface area (Å²) in [5.74, 6) is 0.868. The Morgan fingerprint density at radius 3 is 2.64 bits per heavy atom. The van der Waals surface area contributed by atoms with E-state index in [1.165, 1.54) is 37.2 Å². The summed E-state index contributed by atoms with van der Waals surface area (Å²) in [6.07, 6.45) is 3.72. The van der Waals surface area contributed by atoms with Crippen molar-refractivity contribution in [2.45, 2.75) is 32.2 Å². The molecule has 0 bridgehead atoms. The standard InChI is InChI=1S/C19H33N5.HI/c1-16(22-19(20-2)21-11-8-12-23(3)4)17-9-7-10-18(15-17)24-13-5-6-14-24;/h7,9-10,15-16H,5-6,8,11-14H2,1-4H3,(H2,20,21,22);1H. The minimum atomic E-state index is 0. The summed E-state index contributed by atoms with van der Waals surface area (Å²) >= 11 is 0. The molecule has 1 aliphatic rings. The first kappa shape index (κ1) is 22.0. The summed E-state index contributed by atoms with van der Waals surface area (Å²) in [7, 11) is 6.03. The normalized spacial score (nSPS) is 15.9. The Labute approximate surface area is 170 Å². The number of nitrogens with one attached hydrogen (secondary N) is 2. The van der Waals surface area contributed by atoms with Crippen molar-refractivity contribution in [2.75, 3.05) is 52.2 Å². The number of hydrogen-bond donors (Lipinski definition) is 2. The summed E-state index contributed by atoms with van der Waals surface area (Å²) in [4.78, 5) is 9.02. The van der Waals surface area contributed by atoms with E-state index in [2.05, 4.69) is 70.7 Å². The molecule has 0 saturated carbocycles. The van der Waals surface area contributed by atoms with E-state index >= 15 is 0 Å². The fourth-order valence-corrected chi connectivity index (χ4v) is 3.05. The largest absolute Gasteiger partial charge is 0.372 e. The lowest BCUT2D eigenvalue weighted by Gasteiger charge is -2.22. The molecule has 1 unspecified atom stereocenters.